The first-order valence-corrected chi connectivity index (χ1v) is 5.09. The third-order valence-corrected chi connectivity index (χ3v) is 2.60. The van der Waals surface area contributed by atoms with E-state index in [4.69, 9.17) is 5.11 Å². The number of rotatable bonds is 2. The summed E-state index contributed by atoms with van der Waals surface area (Å²) in [5, 5.41) is 8.86. The lowest BCUT2D eigenvalue weighted by molar-refractivity contribution is 0.0691. The van der Waals surface area contributed by atoms with E-state index >= 15 is 0 Å². The molecule has 3 heterocycles. The molecule has 0 aliphatic heterocycles. The van der Waals surface area contributed by atoms with Gasteiger partial charge in [0.2, 0.25) is 0 Å². The van der Waals surface area contributed by atoms with Crippen molar-refractivity contribution >= 4 is 24.0 Å². The predicted molar refractivity (Wildman–Crippen MR) is 69.2 cm³/mol. The van der Waals surface area contributed by atoms with Gasteiger partial charge < -0.3 is 14.5 Å². The molecule has 2 N–H and O–H groups in total. The Balaban J connectivity index is 0.00000120. The third kappa shape index (κ3) is 1.96. The Bertz CT molecular complexity index is 688. The van der Waals surface area contributed by atoms with Gasteiger partial charge in [-0.3, -0.25) is 0 Å². The van der Waals surface area contributed by atoms with Gasteiger partial charge in [-0.05, 0) is 23.8 Å². The van der Waals surface area contributed by atoms with E-state index in [-0.39, 0.29) is 18.1 Å². The van der Waals surface area contributed by atoms with Crippen molar-refractivity contribution in [3.05, 3.63) is 48.7 Å². The van der Waals surface area contributed by atoms with E-state index in [2.05, 4.69) is 9.97 Å². The minimum Gasteiger partial charge on any atom is -0.476 e. The Morgan fingerprint density at radius 1 is 1.22 bits per heavy atom. The van der Waals surface area contributed by atoms with E-state index in [1.807, 2.05) is 30.7 Å². The maximum atomic E-state index is 10.8. The van der Waals surface area contributed by atoms with Crippen LogP contribution in [0.15, 0.2) is 43.0 Å². The van der Waals surface area contributed by atoms with Crippen LogP contribution in [0.2, 0.25) is 0 Å². The highest BCUT2D eigenvalue weighted by Crippen LogP contribution is 2.19. The number of aromatic carboxylic acids is 1. The molecule has 18 heavy (non-hydrogen) atoms. The van der Waals surface area contributed by atoms with Crippen molar-refractivity contribution in [3.8, 4) is 11.1 Å². The minimum absolute atomic E-state index is 0. The molecule has 0 aromatic carbocycles. The summed E-state index contributed by atoms with van der Waals surface area (Å²) in [5.41, 5.74) is 2.74. The van der Waals surface area contributed by atoms with Crippen LogP contribution in [0, 0.1) is 0 Å². The zero-order valence-electron chi connectivity index (χ0n) is 9.20. The van der Waals surface area contributed by atoms with Crippen LogP contribution in [0.25, 0.3) is 16.8 Å². The predicted octanol–water partition coefficient (Wildman–Crippen LogP) is 2.45. The quantitative estimate of drug-likeness (QED) is 0.746. The van der Waals surface area contributed by atoms with E-state index in [1.165, 1.54) is 6.20 Å². The fourth-order valence-electron chi connectivity index (χ4n) is 1.77. The maximum Gasteiger partial charge on any atom is 0.356 e. The number of imidazole rings is 1. The number of carboxylic acids is 1. The van der Waals surface area contributed by atoms with Crippen LogP contribution >= 0.6 is 12.4 Å². The van der Waals surface area contributed by atoms with E-state index in [0.717, 1.165) is 11.1 Å². The van der Waals surface area contributed by atoms with Crippen molar-refractivity contribution in [2.24, 2.45) is 0 Å². The lowest BCUT2D eigenvalue weighted by Crippen LogP contribution is -1.94. The van der Waals surface area contributed by atoms with Crippen molar-refractivity contribution in [2.45, 2.75) is 0 Å². The molecule has 0 saturated carbocycles. The largest absolute Gasteiger partial charge is 0.476 e. The molecule has 0 atom stereocenters. The van der Waals surface area contributed by atoms with Crippen LogP contribution in [-0.2, 0) is 0 Å². The second-order valence-electron chi connectivity index (χ2n) is 3.71. The average Bonchev–Trinajstić information content (AvgIpc) is 2.97. The Labute approximate surface area is 109 Å². The molecule has 0 amide bonds. The summed E-state index contributed by atoms with van der Waals surface area (Å²) in [6.45, 7) is 0. The Kier molecular flexibility index (Phi) is 3.08. The highest BCUT2D eigenvalue weighted by Gasteiger charge is 2.08. The standard InChI is InChI=1S/C12H9N3O2.ClH/c16-12(17)10-7-15-6-9(1-2-11(15)14-10)8-3-4-13-5-8;/h1-7,13H,(H,16,17);1H. The summed E-state index contributed by atoms with van der Waals surface area (Å²) in [6.07, 6.45) is 7.10. The maximum absolute atomic E-state index is 10.8. The molecule has 3 rings (SSSR count). The zero-order valence-corrected chi connectivity index (χ0v) is 10.0. The molecule has 3 aromatic rings. The van der Waals surface area contributed by atoms with Crippen molar-refractivity contribution in [3.63, 3.8) is 0 Å². The van der Waals surface area contributed by atoms with Gasteiger partial charge in [0.05, 0.1) is 0 Å². The normalized spacial score (nSPS) is 10.2. The number of carboxylic acid groups (broad SMARTS) is 1. The zero-order chi connectivity index (χ0) is 11.8. The Hall–Kier alpha value is -2.27. The summed E-state index contributed by atoms with van der Waals surface area (Å²) in [4.78, 5) is 17.8. The number of nitrogens with one attached hydrogen (secondary N) is 1. The van der Waals surface area contributed by atoms with Gasteiger partial charge in [-0.2, -0.15) is 0 Å². The number of hydrogen-bond acceptors (Lipinski definition) is 2. The first-order valence-electron chi connectivity index (χ1n) is 5.09. The molecule has 0 radical (unpaired) electrons. The van der Waals surface area contributed by atoms with Gasteiger partial charge in [0.25, 0.3) is 0 Å². The second kappa shape index (κ2) is 4.54. The molecule has 0 spiro atoms. The number of halogens is 1. The number of pyridine rings is 1. The molecule has 6 heteroatoms. The van der Waals surface area contributed by atoms with Crippen LogP contribution in [-0.4, -0.2) is 25.4 Å². The molecule has 5 nitrogen and oxygen atoms in total. The number of aromatic amines is 1. The van der Waals surface area contributed by atoms with E-state index < -0.39 is 5.97 Å². The lowest BCUT2D eigenvalue weighted by Gasteiger charge is -1.98. The van der Waals surface area contributed by atoms with Gasteiger partial charge in [0.1, 0.15) is 5.65 Å². The molecule has 92 valence electrons. The van der Waals surface area contributed by atoms with Gasteiger partial charge in [-0.1, -0.05) is 0 Å². The van der Waals surface area contributed by atoms with Crippen LogP contribution in [0.1, 0.15) is 10.5 Å². The molecular weight excluding hydrogens is 254 g/mol. The first-order chi connectivity index (χ1) is 8.24. The van der Waals surface area contributed by atoms with Crippen LogP contribution < -0.4 is 0 Å². The van der Waals surface area contributed by atoms with Crippen molar-refractivity contribution in [1.29, 1.82) is 0 Å². The van der Waals surface area contributed by atoms with Crippen LogP contribution in [0.3, 0.4) is 0 Å². The van der Waals surface area contributed by atoms with Crippen LogP contribution in [0.4, 0.5) is 0 Å². The van der Waals surface area contributed by atoms with Crippen LogP contribution in [0.5, 0.6) is 0 Å². The molecule has 0 fully saturated rings. The summed E-state index contributed by atoms with van der Waals surface area (Å²) < 4.78 is 1.71. The van der Waals surface area contributed by atoms with Gasteiger partial charge >= 0.3 is 5.97 Å². The summed E-state index contributed by atoms with van der Waals surface area (Å²) in [7, 11) is 0. The van der Waals surface area contributed by atoms with Gasteiger partial charge in [-0.25, -0.2) is 9.78 Å². The number of carbonyl (C=O) groups is 1. The molecule has 0 saturated heterocycles. The fourth-order valence-corrected chi connectivity index (χ4v) is 1.77. The number of hydrogen-bond donors (Lipinski definition) is 2. The topological polar surface area (TPSA) is 70.4 Å². The number of nitrogens with zero attached hydrogens (tertiary/aromatic N) is 2. The van der Waals surface area contributed by atoms with Gasteiger partial charge in [0, 0.05) is 30.4 Å². The van der Waals surface area contributed by atoms with E-state index in [1.54, 1.807) is 10.5 Å². The molecule has 0 aliphatic rings. The minimum atomic E-state index is -1.02. The fraction of sp³-hybridized carbons (Fsp3) is 0. The number of H-pyrrole nitrogens is 1. The summed E-state index contributed by atoms with van der Waals surface area (Å²) in [5.74, 6) is -1.02. The highest BCUT2D eigenvalue weighted by atomic mass is 35.5. The molecule has 3 aromatic heterocycles. The van der Waals surface area contributed by atoms with Crippen molar-refractivity contribution < 1.29 is 9.90 Å². The van der Waals surface area contributed by atoms with Gasteiger partial charge in [0.15, 0.2) is 5.69 Å². The second-order valence-corrected chi connectivity index (χ2v) is 3.71. The van der Waals surface area contributed by atoms with Gasteiger partial charge in [-0.15, -0.1) is 12.4 Å². The third-order valence-electron chi connectivity index (χ3n) is 2.60. The number of fused-ring (bicyclic) bond motifs is 1. The Morgan fingerprint density at radius 2 is 2.06 bits per heavy atom. The molecule has 0 unspecified atom stereocenters. The molecular formula is C12H10ClN3O2. The smallest absolute Gasteiger partial charge is 0.356 e. The summed E-state index contributed by atoms with van der Waals surface area (Å²) >= 11 is 0. The SMILES string of the molecule is Cl.O=C(O)c1cn2cc(-c3cc[nH]c3)ccc2n1. The van der Waals surface area contributed by atoms with Crippen molar-refractivity contribution in [1.82, 2.24) is 14.4 Å². The number of aromatic nitrogens is 3. The molecule has 0 bridgehead atoms. The highest BCUT2D eigenvalue weighted by molar-refractivity contribution is 5.86. The summed E-state index contributed by atoms with van der Waals surface area (Å²) in [6, 6.07) is 5.67. The average molecular weight is 264 g/mol. The van der Waals surface area contributed by atoms with E-state index in [0.29, 0.717) is 5.65 Å². The molecule has 0 aliphatic carbocycles. The van der Waals surface area contributed by atoms with Crippen molar-refractivity contribution in [2.75, 3.05) is 0 Å². The monoisotopic (exact) mass is 263 g/mol. The Morgan fingerprint density at radius 3 is 2.72 bits per heavy atom. The lowest BCUT2D eigenvalue weighted by atomic mass is 10.1. The first kappa shape index (κ1) is 12.2. The van der Waals surface area contributed by atoms with E-state index in [9.17, 15) is 4.79 Å².